The third kappa shape index (κ3) is 4.32. The van der Waals surface area contributed by atoms with Crippen LogP contribution < -0.4 is 20.1 Å². The summed E-state index contributed by atoms with van der Waals surface area (Å²) in [6, 6.07) is 8.87. The molecule has 0 aliphatic rings. The van der Waals surface area contributed by atoms with Crippen molar-refractivity contribution in [2.75, 3.05) is 24.9 Å². The average Bonchev–Trinajstić information content (AvgIpc) is 2.56. The number of methoxy groups -OCH3 is 2. The molecule has 1 heterocycles. The molecule has 0 aliphatic carbocycles. The number of benzene rings is 1. The van der Waals surface area contributed by atoms with Crippen molar-refractivity contribution in [3.05, 3.63) is 30.3 Å². The molecule has 2 N–H and O–H groups in total. The molecule has 0 unspecified atom stereocenters. The van der Waals surface area contributed by atoms with Crippen molar-refractivity contribution in [2.45, 2.75) is 13.8 Å². The van der Waals surface area contributed by atoms with Gasteiger partial charge in [-0.3, -0.25) is 4.79 Å². The largest absolute Gasteiger partial charge is 0.493 e. The summed E-state index contributed by atoms with van der Waals surface area (Å²) in [4.78, 5) is 11.6. The number of ether oxygens (including phenoxy) is 2. The molecule has 0 fully saturated rings. The van der Waals surface area contributed by atoms with Gasteiger partial charge in [0.05, 0.1) is 14.2 Å². The second kappa shape index (κ2) is 7.44. The van der Waals surface area contributed by atoms with Crippen LogP contribution in [0.25, 0.3) is 0 Å². The molecule has 1 aromatic carbocycles. The van der Waals surface area contributed by atoms with E-state index in [2.05, 4.69) is 20.8 Å². The van der Waals surface area contributed by atoms with Gasteiger partial charge in [0, 0.05) is 17.7 Å². The van der Waals surface area contributed by atoms with Gasteiger partial charge in [0.25, 0.3) is 0 Å². The van der Waals surface area contributed by atoms with Crippen molar-refractivity contribution < 1.29 is 14.3 Å². The summed E-state index contributed by atoms with van der Waals surface area (Å²) in [5.41, 5.74) is 0.788. The Kier molecular flexibility index (Phi) is 5.35. The standard InChI is InChI=1S/C16H20N4O3/c1-10(2)16(21)18-15-8-7-14(19-20-15)17-11-5-6-12(22-3)13(9-11)23-4/h5-10H,1-4H3,(H,17,19)(H,18,20,21). The van der Waals surface area contributed by atoms with E-state index in [1.807, 2.05) is 19.9 Å². The van der Waals surface area contributed by atoms with Crippen LogP contribution in [-0.2, 0) is 4.79 Å². The molecule has 122 valence electrons. The van der Waals surface area contributed by atoms with Crippen LogP contribution in [0.15, 0.2) is 30.3 Å². The number of anilines is 3. The van der Waals surface area contributed by atoms with E-state index in [1.165, 1.54) is 0 Å². The topological polar surface area (TPSA) is 85.4 Å². The van der Waals surface area contributed by atoms with E-state index in [-0.39, 0.29) is 11.8 Å². The maximum Gasteiger partial charge on any atom is 0.228 e. The van der Waals surface area contributed by atoms with Crippen LogP contribution in [0, 0.1) is 5.92 Å². The van der Waals surface area contributed by atoms with Crippen molar-refractivity contribution in [1.29, 1.82) is 0 Å². The lowest BCUT2D eigenvalue weighted by Gasteiger charge is -2.11. The van der Waals surface area contributed by atoms with Gasteiger partial charge in [0.1, 0.15) is 0 Å². The SMILES string of the molecule is COc1ccc(Nc2ccc(NC(=O)C(C)C)nn2)cc1OC. The Morgan fingerprint density at radius 2 is 1.65 bits per heavy atom. The zero-order chi connectivity index (χ0) is 16.8. The first-order valence-corrected chi connectivity index (χ1v) is 7.17. The van der Waals surface area contributed by atoms with Gasteiger partial charge in [-0.2, -0.15) is 0 Å². The molecule has 7 heteroatoms. The summed E-state index contributed by atoms with van der Waals surface area (Å²) in [5.74, 6) is 2.03. The number of nitrogens with one attached hydrogen (secondary N) is 2. The first-order valence-electron chi connectivity index (χ1n) is 7.17. The Bertz CT molecular complexity index is 672. The Hall–Kier alpha value is -2.83. The van der Waals surface area contributed by atoms with Crippen LogP contribution >= 0.6 is 0 Å². The van der Waals surface area contributed by atoms with Gasteiger partial charge >= 0.3 is 0 Å². The van der Waals surface area contributed by atoms with Gasteiger partial charge in [-0.05, 0) is 24.3 Å². The van der Waals surface area contributed by atoms with Crippen LogP contribution in [0.4, 0.5) is 17.3 Å². The Labute approximate surface area is 135 Å². The number of amides is 1. The van der Waals surface area contributed by atoms with Crippen LogP contribution in [-0.4, -0.2) is 30.3 Å². The minimum atomic E-state index is -0.110. The summed E-state index contributed by atoms with van der Waals surface area (Å²) in [5, 5.41) is 13.8. The van der Waals surface area contributed by atoms with E-state index in [4.69, 9.17) is 9.47 Å². The lowest BCUT2D eigenvalue weighted by molar-refractivity contribution is -0.118. The van der Waals surface area contributed by atoms with Crippen LogP contribution in [0.1, 0.15) is 13.8 Å². The molecule has 2 rings (SSSR count). The summed E-state index contributed by atoms with van der Waals surface area (Å²) >= 11 is 0. The highest BCUT2D eigenvalue weighted by molar-refractivity contribution is 5.91. The first kappa shape index (κ1) is 16.5. The minimum absolute atomic E-state index is 0.0973. The number of hydrogen-bond donors (Lipinski definition) is 2. The van der Waals surface area contributed by atoms with Crippen LogP contribution in [0.3, 0.4) is 0 Å². The Morgan fingerprint density at radius 3 is 2.22 bits per heavy atom. The van der Waals surface area contributed by atoms with E-state index >= 15 is 0 Å². The summed E-state index contributed by atoms with van der Waals surface area (Å²) in [7, 11) is 3.16. The number of carbonyl (C=O) groups excluding carboxylic acids is 1. The van der Waals surface area contributed by atoms with Gasteiger partial charge in [0.2, 0.25) is 5.91 Å². The smallest absolute Gasteiger partial charge is 0.228 e. The average molecular weight is 316 g/mol. The van der Waals surface area contributed by atoms with Gasteiger partial charge in [-0.25, -0.2) is 0 Å². The number of nitrogens with zero attached hydrogens (tertiary/aromatic N) is 2. The van der Waals surface area contributed by atoms with Crippen molar-refractivity contribution in [3.8, 4) is 11.5 Å². The van der Waals surface area contributed by atoms with Crippen molar-refractivity contribution in [2.24, 2.45) is 5.92 Å². The van der Waals surface area contributed by atoms with Gasteiger partial charge in [0.15, 0.2) is 23.1 Å². The second-order valence-corrected chi connectivity index (χ2v) is 5.14. The number of aromatic nitrogens is 2. The Balaban J connectivity index is 2.07. The van der Waals surface area contributed by atoms with E-state index in [0.29, 0.717) is 23.1 Å². The maximum atomic E-state index is 11.6. The quantitative estimate of drug-likeness (QED) is 0.852. The number of rotatable bonds is 6. The van der Waals surface area contributed by atoms with Gasteiger partial charge in [-0.1, -0.05) is 13.8 Å². The monoisotopic (exact) mass is 316 g/mol. The second-order valence-electron chi connectivity index (χ2n) is 5.14. The predicted octanol–water partition coefficient (Wildman–Crippen LogP) is 2.83. The lowest BCUT2D eigenvalue weighted by atomic mass is 10.2. The van der Waals surface area contributed by atoms with Gasteiger partial charge in [-0.15, -0.1) is 10.2 Å². The lowest BCUT2D eigenvalue weighted by Crippen LogP contribution is -2.18. The molecule has 2 aromatic rings. The minimum Gasteiger partial charge on any atom is -0.493 e. The zero-order valence-corrected chi connectivity index (χ0v) is 13.6. The van der Waals surface area contributed by atoms with Crippen molar-refractivity contribution >= 4 is 23.2 Å². The fraction of sp³-hybridized carbons (Fsp3) is 0.312. The molecule has 0 radical (unpaired) electrons. The number of carbonyl (C=O) groups is 1. The van der Waals surface area contributed by atoms with Crippen LogP contribution in [0.5, 0.6) is 11.5 Å². The zero-order valence-electron chi connectivity index (χ0n) is 13.6. The molecule has 0 saturated carbocycles. The normalized spacial score (nSPS) is 10.3. The summed E-state index contributed by atoms with van der Waals surface area (Å²) < 4.78 is 10.4. The fourth-order valence-electron chi connectivity index (χ4n) is 1.80. The molecule has 0 saturated heterocycles. The fourth-order valence-corrected chi connectivity index (χ4v) is 1.80. The predicted molar refractivity (Wildman–Crippen MR) is 88.3 cm³/mol. The van der Waals surface area contributed by atoms with E-state index in [1.54, 1.807) is 38.5 Å². The molecule has 1 aromatic heterocycles. The highest BCUT2D eigenvalue weighted by Crippen LogP contribution is 2.30. The molecule has 23 heavy (non-hydrogen) atoms. The molecule has 1 amide bonds. The third-order valence-corrected chi connectivity index (χ3v) is 3.10. The molecular formula is C16H20N4O3. The Morgan fingerprint density at radius 1 is 1.00 bits per heavy atom. The van der Waals surface area contributed by atoms with E-state index in [0.717, 1.165) is 5.69 Å². The maximum absolute atomic E-state index is 11.6. The summed E-state index contributed by atoms with van der Waals surface area (Å²) in [6.07, 6.45) is 0. The van der Waals surface area contributed by atoms with E-state index in [9.17, 15) is 4.79 Å². The molecule has 0 spiro atoms. The highest BCUT2D eigenvalue weighted by atomic mass is 16.5. The van der Waals surface area contributed by atoms with E-state index < -0.39 is 0 Å². The van der Waals surface area contributed by atoms with Crippen LogP contribution in [0.2, 0.25) is 0 Å². The van der Waals surface area contributed by atoms with Gasteiger partial charge < -0.3 is 20.1 Å². The third-order valence-electron chi connectivity index (χ3n) is 3.10. The molecule has 7 nitrogen and oxygen atoms in total. The summed E-state index contributed by atoms with van der Waals surface area (Å²) in [6.45, 7) is 3.63. The number of hydrogen-bond acceptors (Lipinski definition) is 6. The highest BCUT2D eigenvalue weighted by Gasteiger charge is 2.09. The first-order chi connectivity index (χ1) is 11.0. The molecule has 0 bridgehead atoms. The van der Waals surface area contributed by atoms with Crippen molar-refractivity contribution in [3.63, 3.8) is 0 Å². The molecule has 0 aliphatic heterocycles. The molecular weight excluding hydrogens is 296 g/mol. The molecule has 0 atom stereocenters. The van der Waals surface area contributed by atoms with Crippen molar-refractivity contribution in [1.82, 2.24) is 10.2 Å².